The van der Waals surface area contributed by atoms with Gasteiger partial charge in [-0.1, -0.05) is 0 Å². The number of ether oxygens (including phenoxy) is 2. The minimum Gasteiger partial charge on any atom is -0.493 e. The van der Waals surface area contributed by atoms with Crippen molar-refractivity contribution in [3.8, 4) is 22.6 Å². The van der Waals surface area contributed by atoms with Crippen molar-refractivity contribution in [3.63, 3.8) is 0 Å². The Labute approximate surface area is 113 Å². The van der Waals surface area contributed by atoms with E-state index in [0.717, 1.165) is 22.4 Å². The number of aryl methyl sites for hydroxylation is 1. The molecule has 2 aromatic rings. The normalized spacial score (nSPS) is 10.3. The van der Waals surface area contributed by atoms with E-state index in [1.54, 1.807) is 20.4 Å². The second kappa shape index (κ2) is 5.71. The molecule has 0 aliphatic heterocycles. The quantitative estimate of drug-likeness (QED) is 0.915. The van der Waals surface area contributed by atoms with Crippen molar-refractivity contribution in [3.05, 3.63) is 41.7 Å². The van der Waals surface area contributed by atoms with E-state index in [2.05, 4.69) is 4.98 Å². The van der Waals surface area contributed by atoms with E-state index in [1.165, 1.54) is 0 Å². The van der Waals surface area contributed by atoms with Crippen LogP contribution in [0, 0.1) is 6.92 Å². The molecule has 1 aromatic carbocycles. The second-order valence-electron chi connectivity index (χ2n) is 4.25. The van der Waals surface area contributed by atoms with Crippen LogP contribution in [0.15, 0.2) is 30.5 Å². The lowest BCUT2D eigenvalue weighted by atomic mass is 9.99. The summed E-state index contributed by atoms with van der Waals surface area (Å²) >= 11 is 0. The number of hydrogen-bond donors (Lipinski definition) is 1. The van der Waals surface area contributed by atoms with Gasteiger partial charge < -0.3 is 15.2 Å². The Morgan fingerprint density at radius 3 is 2.37 bits per heavy atom. The van der Waals surface area contributed by atoms with E-state index < -0.39 is 0 Å². The van der Waals surface area contributed by atoms with Crippen molar-refractivity contribution in [1.29, 1.82) is 0 Å². The summed E-state index contributed by atoms with van der Waals surface area (Å²) in [4.78, 5) is 4.21. The van der Waals surface area contributed by atoms with Crippen LogP contribution < -0.4 is 15.2 Å². The number of nitrogens with zero attached hydrogens (tertiary/aromatic N) is 1. The van der Waals surface area contributed by atoms with Gasteiger partial charge in [0, 0.05) is 18.4 Å². The first-order valence-electron chi connectivity index (χ1n) is 6.07. The molecule has 0 radical (unpaired) electrons. The van der Waals surface area contributed by atoms with E-state index in [1.807, 2.05) is 31.2 Å². The second-order valence-corrected chi connectivity index (χ2v) is 4.25. The highest BCUT2D eigenvalue weighted by Crippen LogP contribution is 2.35. The number of pyridine rings is 1. The van der Waals surface area contributed by atoms with Crippen molar-refractivity contribution in [2.45, 2.75) is 13.5 Å². The monoisotopic (exact) mass is 258 g/mol. The third-order valence-electron chi connectivity index (χ3n) is 3.04. The fraction of sp³-hybridized carbons (Fsp3) is 0.267. The molecule has 0 bridgehead atoms. The van der Waals surface area contributed by atoms with Gasteiger partial charge in [0.15, 0.2) is 11.5 Å². The third kappa shape index (κ3) is 2.69. The standard InChI is InChI=1S/C15H18N2O2/c1-10-6-11(4-5-17-10)13-8-15(19-3)14(18-2)7-12(13)9-16/h4-8H,9,16H2,1-3H3. The van der Waals surface area contributed by atoms with Crippen LogP contribution in [0.4, 0.5) is 0 Å². The first-order valence-corrected chi connectivity index (χ1v) is 6.07. The Kier molecular flexibility index (Phi) is 4.02. The molecular formula is C15H18N2O2. The summed E-state index contributed by atoms with van der Waals surface area (Å²) < 4.78 is 10.6. The van der Waals surface area contributed by atoms with E-state index in [9.17, 15) is 0 Å². The molecule has 0 fully saturated rings. The van der Waals surface area contributed by atoms with Gasteiger partial charge in [-0.25, -0.2) is 0 Å². The minimum atomic E-state index is 0.442. The van der Waals surface area contributed by atoms with Crippen LogP contribution >= 0.6 is 0 Å². The Balaban J connectivity index is 2.61. The van der Waals surface area contributed by atoms with Gasteiger partial charge in [0.1, 0.15) is 0 Å². The number of methoxy groups -OCH3 is 2. The molecule has 1 heterocycles. The molecule has 0 aliphatic rings. The van der Waals surface area contributed by atoms with Crippen molar-refractivity contribution < 1.29 is 9.47 Å². The number of hydrogen-bond acceptors (Lipinski definition) is 4. The molecular weight excluding hydrogens is 240 g/mol. The summed E-state index contributed by atoms with van der Waals surface area (Å²) in [7, 11) is 3.25. The summed E-state index contributed by atoms with van der Waals surface area (Å²) in [6, 6.07) is 7.87. The van der Waals surface area contributed by atoms with Crippen LogP contribution in [-0.4, -0.2) is 19.2 Å². The first-order chi connectivity index (χ1) is 9.19. The van der Waals surface area contributed by atoms with Crippen LogP contribution in [0.2, 0.25) is 0 Å². The summed E-state index contributed by atoms with van der Waals surface area (Å²) in [6.45, 7) is 2.41. The molecule has 2 N–H and O–H groups in total. The highest BCUT2D eigenvalue weighted by molar-refractivity contribution is 5.71. The molecule has 1 aromatic heterocycles. The first kappa shape index (κ1) is 13.4. The van der Waals surface area contributed by atoms with Gasteiger partial charge in [-0.05, 0) is 47.9 Å². The van der Waals surface area contributed by atoms with Crippen molar-refractivity contribution >= 4 is 0 Å². The molecule has 0 unspecified atom stereocenters. The van der Waals surface area contributed by atoms with E-state index in [4.69, 9.17) is 15.2 Å². The molecule has 0 saturated heterocycles. The summed E-state index contributed by atoms with van der Waals surface area (Å²) in [6.07, 6.45) is 1.79. The molecule has 2 rings (SSSR count). The zero-order valence-electron chi connectivity index (χ0n) is 11.4. The smallest absolute Gasteiger partial charge is 0.161 e. The molecule has 0 spiro atoms. The molecule has 0 atom stereocenters. The number of benzene rings is 1. The van der Waals surface area contributed by atoms with Crippen molar-refractivity contribution in [1.82, 2.24) is 4.98 Å². The number of nitrogens with two attached hydrogens (primary N) is 1. The maximum atomic E-state index is 5.83. The van der Waals surface area contributed by atoms with Gasteiger partial charge >= 0.3 is 0 Å². The molecule has 19 heavy (non-hydrogen) atoms. The zero-order chi connectivity index (χ0) is 13.8. The molecule has 0 aliphatic carbocycles. The molecule has 0 saturated carbocycles. The van der Waals surface area contributed by atoms with Gasteiger partial charge in [0.25, 0.3) is 0 Å². The maximum Gasteiger partial charge on any atom is 0.161 e. The third-order valence-corrected chi connectivity index (χ3v) is 3.04. The van der Waals surface area contributed by atoms with Gasteiger partial charge in [0.2, 0.25) is 0 Å². The fourth-order valence-electron chi connectivity index (χ4n) is 2.07. The number of aromatic nitrogens is 1. The zero-order valence-corrected chi connectivity index (χ0v) is 11.4. The van der Waals surface area contributed by atoms with E-state index in [0.29, 0.717) is 18.0 Å². The van der Waals surface area contributed by atoms with Crippen LogP contribution in [-0.2, 0) is 6.54 Å². The number of rotatable bonds is 4. The Morgan fingerprint density at radius 2 is 1.79 bits per heavy atom. The van der Waals surface area contributed by atoms with Crippen molar-refractivity contribution in [2.24, 2.45) is 5.73 Å². The SMILES string of the molecule is COc1cc(CN)c(-c2ccnc(C)c2)cc1OC. The van der Waals surface area contributed by atoms with Gasteiger partial charge in [0.05, 0.1) is 14.2 Å². The topological polar surface area (TPSA) is 57.4 Å². The molecule has 4 nitrogen and oxygen atoms in total. The predicted molar refractivity (Wildman–Crippen MR) is 75.4 cm³/mol. The highest BCUT2D eigenvalue weighted by atomic mass is 16.5. The highest BCUT2D eigenvalue weighted by Gasteiger charge is 2.12. The van der Waals surface area contributed by atoms with Crippen LogP contribution in [0.5, 0.6) is 11.5 Å². The predicted octanol–water partition coefficient (Wildman–Crippen LogP) is 2.53. The van der Waals surface area contributed by atoms with E-state index >= 15 is 0 Å². The fourth-order valence-corrected chi connectivity index (χ4v) is 2.07. The van der Waals surface area contributed by atoms with Gasteiger partial charge in [-0.15, -0.1) is 0 Å². The lowest BCUT2D eigenvalue weighted by molar-refractivity contribution is 0.354. The van der Waals surface area contributed by atoms with Gasteiger partial charge in [-0.2, -0.15) is 0 Å². The average molecular weight is 258 g/mol. The Morgan fingerprint density at radius 1 is 1.11 bits per heavy atom. The molecule has 100 valence electrons. The molecule has 0 amide bonds. The summed E-state index contributed by atoms with van der Waals surface area (Å²) in [5.74, 6) is 1.39. The van der Waals surface area contributed by atoms with Gasteiger partial charge in [-0.3, -0.25) is 4.98 Å². The van der Waals surface area contributed by atoms with Crippen LogP contribution in [0.3, 0.4) is 0 Å². The molecule has 4 heteroatoms. The van der Waals surface area contributed by atoms with Crippen LogP contribution in [0.1, 0.15) is 11.3 Å². The Bertz CT molecular complexity index is 582. The lowest BCUT2D eigenvalue weighted by Gasteiger charge is -2.14. The maximum absolute atomic E-state index is 5.83. The lowest BCUT2D eigenvalue weighted by Crippen LogP contribution is -2.01. The average Bonchev–Trinajstić information content (AvgIpc) is 2.45. The summed E-state index contributed by atoms with van der Waals surface area (Å²) in [5, 5.41) is 0. The minimum absolute atomic E-state index is 0.442. The Hall–Kier alpha value is -2.07. The van der Waals surface area contributed by atoms with Crippen LogP contribution in [0.25, 0.3) is 11.1 Å². The largest absolute Gasteiger partial charge is 0.493 e. The van der Waals surface area contributed by atoms with Crippen molar-refractivity contribution in [2.75, 3.05) is 14.2 Å². The summed E-state index contributed by atoms with van der Waals surface area (Å²) in [5.41, 5.74) is 9.94. The van der Waals surface area contributed by atoms with E-state index in [-0.39, 0.29) is 0 Å².